The molecule has 0 saturated carbocycles. The van der Waals surface area contributed by atoms with Gasteiger partial charge in [-0.15, -0.1) is 11.8 Å². The summed E-state index contributed by atoms with van der Waals surface area (Å²) in [4.78, 5) is 24.5. The summed E-state index contributed by atoms with van der Waals surface area (Å²) in [5, 5.41) is 8.20. The minimum Gasteiger partial charge on any atom is -0.322 e. The molecule has 5 nitrogen and oxygen atoms in total. The van der Waals surface area contributed by atoms with Gasteiger partial charge in [0.1, 0.15) is 0 Å². The summed E-state index contributed by atoms with van der Waals surface area (Å²) in [6, 6.07) is 21.5. The van der Waals surface area contributed by atoms with E-state index in [0.717, 1.165) is 11.1 Å². The third-order valence-electron chi connectivity index (χ3n) is 4.39. The molecule has 3 aromatic carbocycles. The zero-order chi connectivity index (χ0) is 22.9. The van der Waals surface area contributed by atoms with Crippen molar-refractivity contribution >= 4 is 58.2 Å². The van der Waals surface area contributed by atoms with E-state index in [1.165, 1.54) is 11.8 Å². The fourth-order valence-corrected chi connectivity index (χ4v) is 3.84. The predicted octanol–water partition coefficient (Wildman–Crippen LogP) is 6.02. The summed E-state index contributed by atoms with van der Waals surface area (Å²) in [7, 11) is 0. The van der Waals surface area contributed by atoms with E-state index >= 15 is 0 Å². The Morgan fingerprint density at radius 1 is 0.906 bits per heavy atom. The van der Waals surface area contributed by atoms with Gasteiger partial charge < -0.3 is 5.32 Å². The number of anilines is 1. The maximum atomic E-state index is 12.4. The summed E-state index contributed by atoms with van der Waals surface area (Å²) in [6.07, 6.45) is 0. The molecule has 32 heavy (non-hydrogen) atoms. The highest BCUT2D eigenvalue weighted by molar-refractivity contribution is 7.99. The molecule has 0 atom stereocenters. The van der Waals surface area contributed by atoms with Crippen molar-refractivity contribution in [3.8, 4) is 0 Å². The number of hydrazone groups is 1. The van der Waals surface area contributed by atoms with Gasteiger partial charge in [-0.2, -0.15) is 5.10 Å². The van der Waals surface area contributed by atoms with Crippen molar-refractivity contribution in [2.24, 2.45) is 5.10 Å². The third kappa shape index (κ3) is 7.41. The quantitative estimate of drug-likeness (QED) is 0.302. The van der Waals surface area contributed by atoms with E-state index in [0.29, 0.717) is 32.8 Å². The average Bonchev–Trinajstić information content (AvgIpc) is 2.79. The molecular formula is C24H21Cl2N3O2S. The van der Waals surface area contributed by atoms with Gasteiger partial charge in [0.25, 0.3) is 5.91 Å². The molecular weight excluding hydrogens is 465 g/mol. The van der Waals surface area contributed by atoms with Crippen LogP contribution in [-0.4, -0.2) is 23.3 Å². The van der Waals surface area contributed by atoms with Crippen LogP contribution in [0.4, 0.5) is 5.69 Å². The van der Waals surface area contributed by atoms with Gasteiger partial charge >= 0.3 is 0 Å². The number of amides is 2. The lowest BCUT2D eigenvalue weighted by atomic mass is 10.1. The molecule has 0 spiro atoms. The summed E-state index contributed by atoms with van der Waals surface area (Å²) >= 11 is 13.3. The van der Waals surface area contributed by atoms with Crippen LogP contribution in [0, 0.1) is 0 Å². The Bertz CT molecular complexity index is 1130. The van der Waals surface area contributed by atoms with Crippen molar-refractivity contribution in [2.45, 2.75) is 12.7 Å². The summed E-state index contributed by atoms with van der Waals surface area (Å²) in [5.41, 5.74) is 6.17. The first kappa shape index (κ1) is 23.9. The molecule has 0 aliphatic heterocycles. The molecule has 3 rings (SSSR count). The molecule has 0 aliphatic carbocycles. The van der Waals surface area contributed by atoms with Gasteiger partial charge in [0.15, 0.2) is 0 Å². The first-order chi connectivity index (χ1) is 15.4. The maximum absolute atomic E-state index is 12.4. The van der Waals surface area contributed by atoms with Crippen molar-refractivity contribution in [1.82, 2.24) is 5.43 Å². The molecule has 0 fully saturated rings. The van der Waals surface area contributed by atoms with Gasteiger partial charge in [-0.1, -0.05) is 53.5 Å². The standard InChI is InChI=1S/C24H21Cl2N3O2S/c1-16(28-29-23(30)15-32-14-17-8-10-20(25)11-9-17)18-4-3-7-22(13-18)27-24(31)19-5-2-6-21(26)12-19/h2-13H,14-15H2,1H3,(H,27,31)(H,29,30)/b28-16+. The summed E-state index contributed by atoms with van der Waals surface area (Å²) in [6.45, 7) is 1.79. The molecule has 164 valence electrons. The molecule has 8 heteroatoms. The van der Waals surface area contributed by atoms with E-state index < -0.39 is 0 Å². The number of hydrogen-bond donors (Lipinski definition) is 2. The zero-order valence-electron chi connectivity index (χ0n) is 17.3. The highest BCUT2D eigenvalue weighted by atomic mass is 35.5. The lowest BCUT2D eigenvalue weighted by Crippen LogP contribution is -2.21. The molecule has 0 radical (unpaired) electrons. The van der Waals surface area contributed by atoms with Crippen molar-refractivity contribution in [1.29, 1.82) is 0 Å². The molecule has 0 saturated heterocycles. The summed E-state index contributed by atoms with van der Waals surface area (Å²) in [5.74, 6) is 0.551. The Kier molecular flexibility index (Phi) is 8.73. The molecule has 0 bridgehead atoms. The average molecular weight is 486 g/mol. The Morgan fingerprint density at radius 2 is 1.62 bits per heavy atom. The lowest BCUT2D eigenvalue weighted by Gasteiger charge is -2.08. The van der Waals surface area contributed by atoms with Crippen molar-refractivity contribution in [3.63, 3.8) is 0 Å². The molecule has 0 aromatic heterocycles. The SMILES string of the molecule is C/C(=N\NC(=O)CSCc1ccc(Cl)cc1)c1cccc(NC(=O)c2cccc(Cl)c2)c1. The van der Waals surface area contributed by atoms with Crippen LogP contribution in [0.5, 0.6) is 0 Å². The second kappa shape index (κ2) is 11.7. The van der Waals surface area contributed by atoms with E-state index in [1.54, 1.807) is 43.3 Å². The largest absolute Gasteiger partial charge is 0.322 e. The number of thioether (sulfide) groups is 1. The monoisotopic (exact) mass is 485 g/mol. The molecule has 0 heterocycles. The van der Waals surface area contributed by atoms with Crippen LogP contribution < -0.4 is 10.7 Å². The maximum Gasteiger partial charge on any atom is 0.255 e. The van der Waals surface area contributed by atoms with E-state index in [-0.39, 0.29) is 17.6 Å². The smallest absolute Gasteiger partial charge is 0.255 e. The van der Waals surface area contributed by atoms with Gasteiger partial charge in [0.05, 0.1) is 11.5 Å². The molecule has 0 aliphatic rings. The Hall–Kier alpha value is -2.80. The summed E-state index contributed by atoms with van der Waals surface area (Å²) < 4.78 is 0. The second-order valence-corrected chi connectivity index (χ2v) is 8.76. The predicted molar refractivity (Wildman–Crippen MR) is 134 cm³/mol. The van der Waals surface area contributed by atoms with Crippen LogP contribution in [0.3, 0.4) is 0 Å². The highest BCUT2D eigenvalue weighted by Crippen LogP contribution is 2.17. The fraction of sp³-hybridized carbons (Fsp3) is 0.125. The minimum absolute atomic E-state index is 0.186. The number of carbonyl (C=O) groups is 2. The minimum atomic E-state index is -0.259. The molecule has 2 amide bonds. The first-order valence-corrected chi connectivity index (χ1v) is 11.6. The normalized spacial score (nSPS) is 11.2. The fourth-order valence-electron chi connectivity index (χ4n) is 2.74. The molecule has 0 unspecified atom stereocenters. The number of nitrogens with one attached hydrogen (secondary N) is 2. The van der Waals surface area contributed by atoms with E-state index in [2.05, 4.69) is 15.8 Å². The van der Waals surface area contributed by atoms with Gasteiger partial charge in [-0.05, 0) is 60.5 Å². The third-order valence-corrected chi connectivity index (χ3v) is 5.88. The van der Waals surface area contributed by atoms with Gasteiger partial charge in [0, 0.05) is 27.0 Å². The van der Waals surface area contributed by atoms with Crippen molar-refractivity contribution < 1.29 is 9.59 Å². The van der Waals surface area contributed by atoms with Gasteiger partial charge in [-0.25, -0.2) is 5.43 Å². The van der Waals surface area contributed by atoms with Crippen LogP contribution in [0.1, 0.15) is 28.4 Å². The lowest BCUT2D eigenvalue weighted by molar-refractivity contribution is -0.118. The van der Waals surface area contributed by atoms with E-state index in [1.807, 2.05) is 36.4 Å². The Balaban J connectivity index is 1.52. The van der Waals surface area contributed by atoms with Gasteiger partial charge in [-0.3, -0.25) is 9.59 Å². The first-order valence-electron chi connectivity index (χ1n) is 9.73. The number of rotatable bonds is 8. The van der Waals surface area contributed by atoms with Crippen molar-refractivity contribution in [3.05, 3.63) is 99.5 Å². The number of hydrogen-bond acceptors (Lipinski definition) is 4. The second-order valence-electron chi connectivity index (χ2n) is 6.90. The topological polar surface area (TPSA) is 70.6 Å². The number of benzene rings is 3. The number of nitrogens with zero attached hydrogens (tertiary/aromatic N) is 1. The van der Waals surface area contributed by atoms with E-state index in [9.17, 15) is 9.59 Å². The van der Waals surface area contributed by atoms with Crippen LogP contribution in [-0.2, 0) is 10.5 Å². The van der Waals surface area contributed by atoms with Crippen molar-refractivity contribution in [2.75, 3.05) is 11.1 Å². The number of carbonyl (C=O) groups excluding carboxylic acids is 2. The van der Waals surface area contributed by atoms with Gasteiger partial charge in [0.2, 0.25) is 5.91 Å². The highest BCUT2D eigenvalue weighted by Gasteiger charge is 2.08. The molecule has 3 aromatic rings. The Morgan fingerprint density at radius 3 is 2.38 bits per heavy atom. The Labute approximate surface area is 201 Å². The van der Waals surface area contributed by atoms with Crippen LogP contribution in [0.25, 0.3) is 0 Å². The number of halogens is 2. The van der Waals surface area contributed by atoms with Crippen LogP contribution in [0.15, 0.2) is 77.9 Å². The van der Waals surface area contributed by atoms with Crippen LogP contribution in [0.2, 0.25) is 10.0 Å². The van der Waals surface area contributed by atoms with Crippen LogP contribution >= 0.6 is 35.0 Å². The zero-order valence-corrected chi connectivity index (χ0v) is 19.6. The molecule has 2 N–H and O–H groups in total. The van der Waals surface area contributed by atoms with E-state index in [4.69, 9.17) is 23.2 Å².